The van der Waals surface area contributed by atoms with E-state index in [1.54, 1.807) is 0 Å². The molecule has 4 heteroatoms. The SMILES string of the molecule is [C-]#[N+]c1ccc2c(c1)c1cc(-c3ccc(-c4nc5cc(-c6ccc(C#N)cc6)ccc5c5c6ccccc6c6ccccc6c45)cc3)ccc1n2-c1ccccc1. The molecule has 0 aliphatic carbocycles. The van der Waals surface area contributed by atoms with Crippen molar-refractivity contribution < 1.29 is 0 Å². The molecule has 11 aromatic rings. The average molecular weight is 723 g/mol. The summed E-state index contributed by atoms with van der Waals surface area (Å²) in [7, 11) is 0. The van der Waals surface area contributed by atoms with Crippen LogP contribution < -0.4 is 0 Å². The molecule has 262 valence electrons. The molecule has 0 aliphatic heterocycles. The van der Waals surface area contributed by atoms with Gasteiger partial charge in [0.25, 0.3) is 0 Å². The molecule has 2 aromatic heterocycles. The third kappa shape index (κ3) is 5.10. The normalized spacial score (nSPS) is 11.5. The van der Waals surface area contributed by atoms with Gasteiger partial charge in [0.15, 0.2) is 5.69 Å². The van der Waals surface area contributed by atoms with E-state index in [-0.39, 0.29) is 0 Å². The van der Waals surface area contributed by atoms with E-state index in [0.717, 1.165) is 77.3 Å². The Bertz CT molecular complexity index is 3510. The van der Waals surface area contributed by atoms with Gasteiger partial charge in [-0.05, 0) is 104 Å². The maximum absolute atomic E-state index is 9.39. The highest BCUT2D eigenvalue weighted by Crippen LogP contribution is 2.44. The van der Waals surface area contributed by atoms with Crippen molar-refractivity contribution >= 4 is 70.7 Å². The maximum Gasteiger partial charge on any atom is 0.188 e. The number of nitriles is 1. The van der Waals surface area contributed by atoms with Crippen molar-refractivity contribution in [3.05, 3.63) is 199 Å². The minimum absolute atomic E-state index is 0.629. The quantitative estimate of drug-likeness (QED) is 0.134. The Morgan fingerprint density at radius 1 is 0.456 bits per heavy atom. The zero-order chi connectivity index (χ0) is 38.0. The smallest absolute Gasteiger partial charge is 0.188 e. The van der Waals surface area contributed by atoms with E-state index in [9.17, 15) is 5.26 Å². The number of fused-ring (bicyclic) bond motifs is 11. The Morgan fingerprint density at radius 3 is 1.68 bits per heavy atom. The predicted molar refractivity (Wildman–Crippen MR) is 236 cm³/mol. The van der Waals surface area contributed by atoms with Gasteiger partial charge >= 0.3 is 0 Å². The van der Waals surface area contributed by atoms with Crippen LogP contribution in [0.1, 0.15) is 5.56 Å². The molecule has 0 saturated heterocycles. The summed E-state index contributed by atoms with van der Waals surface area (Å²) in [6.07, 6.45) is 0. The molecular formula is C53H30N4. The lowest BCUT2D eigenvalue weighted by Gasteiger charge is -2.17. The molecule has 0 N–H and O–H groups in total. The number of aromatic nitrogens is 2. The third-order valence-corrected chi connectivity index (χ3v) is 11.4. The number of pyridine rings is 1. The molecule has 0 saturated carbocycles. The molecular weight excluding hydrogens is 693 g/mol. The Hall–Kier alpha value is -8.05. The summed E-state index contributed by atoms with van der Waals surface area (Å²) in [6, 6.07) is 65.7. The fraction of sp³-hybridized carbons (Fsp3) is 0. The minimum Gasteiger partial charge on any atom is -0.309 e. The van der Waals surface area contributed by atoms with E-state index in [4.69, 9.17) is 11.6 Å². The Labute approximate surface area is 328 Å². The van der Waals surface area contributed by atoms with Crippen LogP contribution in [-0.2, 0) is 0 Å². The fourth-order valence-corrected chi connectivity index (χ4v) is 8.74. The summed E-state index contributed by atoms with van der Waals surface area (Å²) in [5, 5.41) is 19.8. The first-order valence-corrected chi connectivity index (χ1v) is 19.0. The van der Waals surface area contributed by atoms with Crippen molar-refractivity contribution in [2.75, 3.05) is 0 Å². The van der Waals surface area contributed by atoms with Crippen LogP contribution >= 0.6 is 0 Å². The van der Waals surface area contributed by atoms with Crippen LogP contribution in [0.25, 0.3) is 109 Å². The van der Waals surface area contributed by atoms with E-state index >= 15 is 0 Å². The summed E-state index contributed by atoms with van der Waals surface area (Å²) in [5.74, 6) is 0. The van der Waals surface area contributed by atoms with Crippen molar-refractivity contribution in [1.29, 1.82) is 5.26 Å². The van der Waals surface area contributed by atoms with Gasteiger partial charge in [-0.25, -0.2) is 9.83 Å². The molecule has 0 fully saturated rings. The second kappa shape index (κ2) is 12.8. The summed E-state index contributed by atoms with van der Waals surface area (Å²) in [4.78, 5) is 9.25. The second-order valence-electron chi connectivity index (χ2n) is 14.5. The number of hydrogen-bond donors (Lipinski definition) is 0. The Morgan fingerprint density at radius 2 is 1.00 bits per heavy atom. The molecule has 0 radical (unpaired) electrons. The van der Waals surface area contributed by atoms with Gasteiger partial charge in [-0.1, -0.05) is 127 Å². The summed E-state index contributed by atoms with van der Waals surface area (Å²) < 4.78 is 2.28. The lowest BCUT2D eigenvalue weighted by molar-refractivity contribution is 1.18. The van der Waals surface area contributed by atoms with Crippen LogP contribution in [0.15, 0.2) is 182 Å². The summed E-state index contributed by atoms with van der Waals surface area (Å²) in [6.45, 7) is 7.71. The first kappa shape index (κ1) is 32.4. The van der Waals surface area contributed by atoms with Crippen molar-refractivity contribution in [3.8, 4) is 45.3 Å². The third-order valence-electron chi connectivity index (χ3n) is 11.4. The van der Waals surface area contributed by atoms with E-state index in [2.05, 4.69) is 155 Å². The van der Waals surface area contributed by atoms with Gasteiger partial charge in [0.2, 0.25) is 0 Å². The van der Waals surface area contributed by atoms with Crippen molar-refractivity contribution in [2.24, 2.45) is 0 Å². The predicted octanol–water partition coefficient (Wildman–Crippen LogP) is 14.2. The lowest BCUT2D eigenvalue weighted by atomic mass is 9.89. The van der Waals surface area contributed by atoms with Gasteiger partial charge in [-0.2, -0.15) is 5.26 Å². The van der Waals surface area contributed by atoms with Gasteiger partial charge < -0.3 is 4.57 Å². The highest BCUT2D eigenvalue weighted by atomic mass is 15.0. The number of para-hydroxylation sites is 1. The summed E-state index contributed by atoms with van der Waals surface area (Å²) >= 11 is 0. The fourth-order valence-electron chi connectivity index (χ4n) is 8.74. The molecule has 0 aliphatic rings. The average Bonchev–Trinajstić information content (AvgIpc) is 3.61. The highest BCUT2D eigenvalue weighted by Gasteiger charge is 2.19. The standard InChI is InChI=1S/C53H30N4/c1-55-39-25-28-50-47(31-39)46-29-37(24-27-49(46)57(50)40-9-3-2-4-10-40)35-19-21-36(22-20-35)53-52-44-14-8-6-12-42(44)41-11-5-7-13-43(41)51(52)45-26-23-38(30-48(45)56-53)34-17-15-33(32-54)16-18-34/h2-31H. The molecule has 0 spiro atoms. The molecule has 0 atom stereocenters. The molecule has 57 heavy (non-hydrogen) atoms. The van der Waals surface area contributed by atoms with Crippen LogP contribution in [0.3, 0.4) is 0 Å². The van der Waals surface area contributed by atoms with Gasteiger partial charge in [0.1, 0.15) is 0 Å². The van der Waals surface area contributed by atoms with Crippen LogP contribution in [0.4, 0.5) is 5.69 Å². The largest absolute Gasteiger partial charge is 0.309 e. The monoisotopic (exact) mass is 722 g/mol. The van der Waals surface area contributed by atoms with Gasteiger partial charge in [-0.3, -0.25) is 0 Å². The number of benzene rings is 9. The zero-order valence-electron chi connectivity index (χ0n) is 30.6. The second-order valence-corrected chi connectivity index (χ2v) is 14.5. The summed E-state index contributed by atoms with van der Waals surface area (Å²) in [5.41, 5.74) is 11.7. The maximum atomic E-state index is 9.39. The first-order valence-electron chi connectivity index (χ1n) is 19.0. The zero-order valence-corrected chi connectivity index (χ0v) is 30.6. The molecule has 0 unspecified atom stereocenters. The van der Waals surface area contributed by atoms with Crippen LogP contribution in [0.2, 0.25) is 0 Å². The molecule has 9 aromatic carbocycles. The first-order chi connectivity index (χ1) is 28.2. The van der Waals surface area contributed by atoms with Crippen molar-refractivity contribution in [2.45, 2.75) is 0 Å². The lowest BCUT2D eigenvalue weighted by Crippen LogP contribution is -1.94. The molecule has 0 bridgehead atoms. The molecule has 0 amide bonds. The van der Waals surface area contributed by atoms with Gasteiger partial charge in [0.05, 0.1) is 40.4 Å². The van der Waals surface area contributed by atoms with E-state index < -0.39 is 0 Å². The van der Waals surface area contributed by atoms with E-state index in [1.165, 1.54) is 26.9 Å². The van der Waals surface area contributed by atoms with Crippen LogP contribution in [0.5, 0.6) is 0 Å². The van der Waals surface area contributed by atoms with Crippen LogP contribution in [0, 0.1) is 17.9 Å². The number of hydrogen-bond acceptors (Lipinski definition) is 2. The molecule has 11 rings (SSSR count). The van der Waals surface area contributed by atoms with Gasteiger partial charge in [0, 0.05) is 32.8 Å². The molecule has 4 nitrogen and oxygen atoms in total. The van der Waals surface area contributed by atoms with E-state index in [0.29, 0.717) is 11.3 Å². The van der Waals surface area contributed by atoms with Crippen molar-refractivity contribution in [3.63, 3.8) is 0 Å². The highest BCUT2D eigenvalue weighted by molar-refractivity contribution is 6.33. The number of nitrogens with zero attached hydrogens (tertiary/aromatic N) is 4. The Kier molecular flexibility index (Phi) is 7.26. The van der Waals surface area contributed by atoms with E-state index in [1.807, 2.05) is 42.5 Å². The van der Waals surface area contributed by atoms with Crippen LogP contribution in [-0.4, -0.2) is 9.55 Å². The Balaban J connectivity index is 1.12. The number of rotatable bonds is 4. The topological polar surface area (TPSA) is 46.0 Å². The van der Waals surface area contributed by atoms with Gasteiger partial charge in [-0.15, -0.1) is 0 Å². The van der Waals surface area contributed by atoms with Crippen molar-refractivity contribution in [1.82, 2.24) is 9.55 Å². The minimum atomic E-state index is 0.629. The molecule has 2 heterocycles.